The number of aliphatic hydroxyl groups is 1. The minimum Gasteiger partial charge on any atom is -0.386 e. The molecule has 0 spiro atoms. The van der Waals surface area contributed by atoms with Gasteiger partial charge in [-0.1, -0.05) is 6.92 Å². The number of hydrogen-bond acceptors (Lipinski definition) is 4. The zero-order valence-electron chi connectivity index (χ0n) is 11.4. The monoisotopic (exact) mass is 252 g/mol. The molecule has 18 heavy (non-hydrogen) atoms. The first kappa shape index (κ1) is 15.1. The molecule has 1 atom stereocenters. The highest BCUT2D eigenvalue weighted by molar-refractivity contribution is 5.09. The lowest BCUT2D eigenvalue weighted by Gasteiger charge is -2.23. The number of nitrogens with zero attached hydrogens (tertiary/aromatic N) is 1. The van der Waals surface area contributed by atoms with Crippen LogP contribution in [0.3, 0.4) is 0 Å². The van der Waals surface area contributed by atoms with Gasteiger partial charge in [-0.3, -0.25) is 4.98 Å². The van der Waals surface area contributed by atoms with Gasteiger partial charge in [-0.25, -0.2) is 0 Å². The summed E-state index contributed by atoms with van der Waals surface area (Å²) in [6.45, 7) is 6.27. The number of pyridine rings is 1. The first-order chi connectivity index (χ1) is 8.64. The van der Waals surface area contributed by atoms with Crippen LogP contribution in [0.5, 0.6) is 0 Å². The molecule has 0 amide bonds. The lowest BCUT2D eigenvalue weighted by atomic mass is 10.1. The second-order valence-corrected chi connectivity index (χ2v) is 4.79. The molecule has 2 N–H and O–H groups in total. The molecule has 102 valence electrons. The van der Waals surface area contributed by atoms with Crippen LogP contribution in [-0.2, 0) is 11.2 Å². The Kier molecular flexibility index (Phi) is 6.86. The predicted octanol–water partition coefficient (Wildman–Crippen LogP) is 1.39. The smallest absolute Gasteiger partial charge is 0.0975 e. The summed E-state index contributed by atoms with van der Waals surface area (Å²) >= 11 is 0. The molecule has 1 aromatic rings. The van der Waals surface area contributed by atoms with Crippen LogP contribution in [0, 0.1) is 0 Å². The van der Waals surface area contributed by atoms with Crippen molar-refractivity contribution in [3.63, 3.8) is 0 Å². The summed E-state index contributed by atoms with van der Waals surface area (Å²) in [5, 5.41) is 13.1. The van der Waals surface area contributed by atoms with Crippen LogP contribution in [0.2, 0.25) is 0 Å². The van der Waals surface area contributed by atoms with Crippen molar-refractivity contribution < 1.29 is 9.84 Å². The molecule has 0 aromatic carbocycles. The predicted molar refractivity (Wildman–Crippen MR) is 72.5 cm³/mol. The average molecular weight is 252 g/mol. The van der Waals surface area contributed by atoms with Crippen molar-refractivity contribution in [2.24, 2.45) is 0 Å². The largest absolute Gasteiger partial charge is 0.386 e. The number of nitrogens with one attached hydrogen (secondary N) is 1. The number of ether oxygens (including phenoxy) is 1. The normalized spacial score (nSPS) is 14.4. The Bertz CT molecular complexity index is 315. The molecule has 4 nitrogen and oxygen atoms in total. The molecule has 0 aliphatic rings. The van der Waals surface area contributed by atoms with E-state index in [-0.39, 0.29) is 0 Å². The Morgan fingerprint density at radius 1 is 1.39 bits per heavy atom. The topological polar surface area (TPSA) is 54.4 Å². The molecular formula is C14H24N2O2. The molecule has 1 rings (SSSR count). The summed E-state index contributed by atoms with van der Waals surface area (Å²) in [4.78, 5) is 3.98. The van der Waals surface area contributed by atoms with Crippen molar-refractivity contribution in [2.75, 3.05) is 26.3 Å². The van der Waals surface area contributed by atoms with Crippen LogP contribution in [0.25, 0.3) is 0 Å². The van der Waals surface area contributed by atoms with Gasteiger partial charge in [0.25, 0.3) is 0 Å². The number of likely N-dealkylation sites (N-methyl/N-ethyl adjacent to an activating group) is 1. The molecule has 1 aromatic heterocycles. The molecule has 0 saturated carbocycles. The van der Waals surface area contributed by atoms with Crippen LogP contribution in [0.15, 0.2) is 24.5 Å². The van der Waals surface area contributed by atoms with Crippen LogP contribution < -0.4 is 5.32 Å². The van der Waals surface area contributed by atoms with E-state index >= 15 is 0 Å². The van der Waals surface area contributed by atoms with E-state index in [4.69, 9.17) is 4.74 Å². The maximum atomic E-state index is 9.97. The first-order valence-corrected chi connectivity index (χ1v) is 6.54. The molecule has 0 bridgehead atoms. The van der Waals surface area contributed by atoms with Crippen LogP contribution in [0.1, 0.15) is 25.8 Å². The Hall–Kier alpha value is -0.970. The third kappa shape index (κ3) is 6.69. The maximum absolute atomic E-state index is 9.97. The standard InChI is InChI=1S/C14H24N2O2/c1-3-15-11-14(2,17)12-18-10-4-5-13-6-8-16-9-7-13/h6-9,15,17H,3-5,10-12H2,1-2H3. The van der Waals surface area contributed by atoms with E-state index in [1.54, 1.807) is 19.3 Å². The molecule has 1 unspecified atom stereocenters. The van der Waals surface area contributed by atoms with Crippen LogP contribution in [-0.4, -0.2) is 42.0 Å². The number of aryl methyl sites for hydroxylation is 1. The van der Waals surface area contributed by atoms with Crippen molar-refractivity contribution in [1.29, 1.82) is 0 Å². The van der Waals surface area contributed by atoms with Gasteiger partial charge in [0, 0.05) is 25.5 Å². The SMILES string of the molecule is CCNCC(C)(O)COCCCc1ccncc1. The summed E-state index contributed by atoms with van der Waals surface area (Å²) in [5.74, 6) is 0. The number of rotatable bonds is 9. The highest BCUT2D eigenvalue weighted by Gasteiger charge is 2.19. The molecule has 0 fully saturated rings. The minimum atomic E-state index is -0.785. The van der Waals surface area contributed by atoms with E-state index in [9.17, 15) is 5.11 Å². The van der Waals surface area contributed by atoms with E-state index in [0.29, 0.717) is 19.8 Å². The van der Waals surface area contributed by atoms with Gasteiger partial charge in [0.15, 0.2) is 0 Å². The van der Waals surface area contributed by atoms with Crippen molar-refractivity contribution in [3.8, 4) is 0 Å². The maximum Gasteiger partial charge on any atom is 0.0975 e. The third-order valence-electron chi connectivity index (χ3n) is 2.67. The molecule has 0 saturated heterocycles. The molecule has 0 aliphatic heterocycles. The van der Waals surface area contributed by atoms with Gasteiger partial charge in [0.05, 0.1) is 12.2 Å². The van der Waals surface area contributed by atoms with E-state index in [0.717, 1.165) is 19.4 Å². The van der Waals surface area contributed by atoms with Crippen LogP contribution in [0.4, 0.5) is 0 Å². The zero-order valence-corrected chi connectivity index (χ0v) is 11.4. The quantitative estimate of drug-likeness (QED) is 0.652. The highest BCUT2D eigenvalue weighted by Crippen LogP contribution is 2.04. The van der Waals surface area contributed by atoms with Gasteiger partial charge in [-0.2, -0.15) is 0 Å². The Morgan fingerprint density at radius 2 is 2.11 bits per heavy atom. The summed E-state index contributed by atoms with van der Waals surface area (Å²) in [6, 6.07) is 4.03. The van der Waals surface area contributed by atoms with E-state index in [2.05, 4.69) is 10.3 Å². The second kappa shape index (κ2) is 8.19. The van der Waals surface area contributed by atoms with E-state index in [1.807, 2.05) is 19.1 Å². The van der Waals surface area contributed by atoms with Gasteiger partial charge in [-0.05, 0) is 44.0 Å². The second-order valence-electron chi connectivity index (χ2n) is 4.79. The molecule has 4 heteroatoms. The van der Waals surface area contributed by atoms with Crippen molar-refractivity contribution >= 4 is 0 Å². The number of aromatic nitrogens is 1. The molecule has 1 heterocycles. The van der Waals surface area contributed by atoms with Crippen molar-refractivity contribution in [1.82, 2.24) is 10.3 Å². The average Bonchev–Trinajstić information content (AvgIpc) is 2.37. The fraction of sp³-hybridized carbons (Fsp3) is 0.643. The van der Waals surface area contributed by atoms with Crippen molar-refractivity contribution in [2.45, 2.75) is 32.3 Å². The lowest BCUT2D eigenvalue weighted by Crippen LogP contribution is -2.41. The van der Waals surface area contributed by atoms with Gasteiger partial charge >= 0.3 is 0 Å². The third-order valence-corrected chi connectivity index (χ3v) is 2.67. The Balaban J connectivity index is 2.08. The Labute approximate surface area is 109 Å². The lowest BCUT2D eigenvalue weighted by molar-refractivity contribution is -0.0324. The van der Waals surface area contributed by atoms with Gasteiger partial charge in [0.2, 0.25) is 0 Å². The van der Waals surface area contributed by atoms with Gasteiger partial charge in [0.1, 0.15) is 0 Å². The molecule has 0 radical (unpaired) electrons. The zero-order chi connectivity index (χ0) is 13.3. The minimum absolute atomic E-state index is 0.371. The Morgan fingerprint density at radius 3 is 2.78 bits per heavy atom. The molecule has 0 aliphatic carbocycles. The van der Waals surface area contributed by atoms with E-state index in [1.165, 1.54) is 5.56 Å². The highest BCUT2D eigenvalue weighted by atomic mass is 16.5. The number of hydrogen-bond donors (Lipinski definition) is 2. The van der Waals surface area contributed by atoms with Gasteiger partial charge in [-0.15, -0.1) is 0 Å². The van der Waals surface area contributed by atoms with Crippen molar-refractivity contribution in [3.05, 3.63) is 30.1 Å². The summed E-state index contributed by atoms with van der Waals surface area (Å²) in [6.07, 6.45) is 5.55. The summed E-state index contributed by atoms with van der Waals surface area (Å²) in [5.41, 5.74) is 0.486. The fourth-order valence-corrected chi connectivity index (χ4v) is 1.67. The molecular weight excluding hydrogens is 228 g/mol. The van der Waals surface area contributed by atoms with Crippen LogP contribution >= 0.6 is 0 Å². The van der Waals surface area contributed by atoms with Gasteiger partial charge < -0.3 is 15.2 Å². The first-order valence-electron chi connectivity index (χ1n) is 6.54. The summed E-state index contributed by atoms with van der Waals surface area (Å²) < 4.78 is 5.51. The van der Waals surface area contributed by atoms with E-state index < -0.39 is 5.60 Å². The fourth-order valence-electron chi connectivity index (χ4n) is 1.67. The summed E-state index contributed by atoms with van der Waals surface area (Å²) in [7, 11) is 0.